The second-order valence-electron chi connectivity index (χ2n) is 8.33. The summed E-state index contributed by atoms with van der Waals surface area (Å²) in [5.41, 5.74) is 1.23. The van der Waals surface area contributed by atoms with Gasteiger partial charge in [-0.25, -0.2) is 4.79 Å². The highest BCUT2D eigenvalue weighted by Crippen LogP contribution is 2.34. The molecule has 3 aliphatic rings. The molecule has 0 aromatic heterocycles. The molecule has 3 heterocycles. The summed E-state index contributed by atoms with van der Waals surface area (Å²) in [6.45, 7) is 8.58. The maximum atomic E-state index is 12.5. The molecule has 3 fully saturated rings. The molecular formula is C22H32N4O3. The van der Waals surface area contributed by atoms with Gasteiger partial charge in [-0.2, -0.15) is 0 Å². The zero-order valence-electron chi connectivity index (χ0n) is 17.3. The summed E-state index contributed by atoms with van der Waals surface area (Å²) in [6.07, 6.45) is 2.47. The van der Waals surface area contributed by atoms with Crippen LogP contribution in [0.2, 0.25) is 0 Å². The van der Waals surface area contributed by atoms with E-state index in [-0.39, 0.29) is 11.9 Å². The SMILES string of the molecule is CCOc1ccc(N2C[C@H]3CN(C(=O)NCCCN4CCCC4=O)C[C@H]3C2)cc1. The van der Waals surface area contributed by atoms with E-state index in [4.69, 9.17) is 4.74 Å². The molecular weight excluding hydrogens is 368 g/mol. The van der Waals surface area contributed by atoms with Crippen LogP contribution >= 0.6 is 0 Å². The molecule has 0 aliphatic carbocycles. The number of rotatable bonds is 7. The molecule has 3 aliphatic heterocycles. The van der Waals surface area contributed by atoms with Crippen LogP contribution in [-0.2, 0) is 4.79 Å². The number of benzene rings is 1. The van der Waals surface area contributed by atoms with Crippen LogP contribution in [0.1, 0.15) is 26.2 Å². The fourth-order valence-corrected chi connectivity index (χ4v) is 4.81. The van der Waals surface area contributed by atoms with Crippen LogP contribution in [0.25, 0.3) is 0 Å². The Labute approximate surface area is 173 Å². The molecule has 0 radical (unpaired) electrons. The summed E-state index contributed by atoms with van der Waals surface area (Å²) in [5, 5.41) is 3.04. The minimum Gasteiger partial charge on any atom is -0.494 e. The molecule has 0 spiro atoms. The second-order valence-corrected chi connectivity index (χ2v) is 8.33. The van der Waals surface area contributed by atoms with Crippen LogP contribution in [0.4, 0.5) is 10.5 Å². The minimum atomic E-state index is 0.0414. The number of nitrogens with zero attached hydrogens (tertiary/aromatic N) is 3. The summed E-state index contributed by atoms with van der Waals surface area (Å²) < 4.78 is 5.52. The largest absolute Gasteiger partial charge is 0.494 e. The number of nitrogens with one attached hydrogen (secondary N) is 1. The standard InChI is InChI=1S/C22H32N4O3/c1-2-29-20-8-6-19(7-9-20)25-13-17-15-26(16-18(17)14-25)22(28)23-10-4-12-24-11-3-5-21(24)27/h6-9,17-18H,2-5,10-16H2,1H3,(H,23,28)/t17-,18+. The topological polar surface area (TPSA) is 65.1 Å². The Kier molecular flexibility index (Phi) is 6.11. The van der Waals surface area contributed by atoms with E-state index in [0.717, 1.165) is 57.9 Å². The second kappa shape index (κ2) is 8.93. The molecule has 158 valence electrons. The number of likely N-dealkylation sites (tertiary alicyclic amines) is 2. The van der Waals surface area contributed by atoms with E-state index in [1.165, 1.54) is 5.69 Å². The summed E-state index contributed by atoms with van der Waals surface area (Å²) in [4.78, 5) is 30.4. The zero-order chi connectivity index (χ0) is 20.2. The van der Waals surface area contributed by atoms with Gasteiger partial charge in [0.05, 0.1) is 6.61 Å². The van der Waals surface area contributed by atoms with E-state index in [1.54, 1.807) is 0 Å². The monoisotopic (exact) mass is 400 g/mol. The van der Waals surface area contributed by atoms with E-state index in [0.29, 0.717) is 31.4 Å². The number of carbonyl (C=O) groups is 2. The zero-order valence-corrected chi connectivity index (χ0v) is 17.3. The molecule has 1 aromatic carbocycles. The van der Waals surface area contributed by atoms with Crippen molar-refractivity contribution in [2.45, 2.75) is 26.2 Å². The molecule has 1 aromatic rings. The highest BCUT2D eigenvalue weighted by molar-refractivity contribution is 5.78. The number of urea groups is 1. The number of ether oxygens (including phenoxy) is 1. The van der Waals surface area contributed by atoms with E-state index < -0.39 is 0 Å². The Morgan fingerprint density at radius 1 is 1.14 bits per heavy atom. The first-order valence-corrected chi connectivity index (χ1v) is 10.9. The first-order chi connectivity index (χ1) is 14.1. The van der Waals surface area contributed by atoms with Crippen molar-refractivity contribution in [2.75, 3.05) is 57.3 Å². The van der Waals surface area contributed by atoms with Crippen LogP contribution in [0.15, 0.2) is 24.3 Å². The highest BCUT2D eigenvalue weighted by Gasteiger charge is 2.41. The molecule has 0 bridgehead atoms. The third kappa shape index (κ3) is 4.60. The third-order valence-corrected chi connectivity index (χ3v) is 6.34. The van der Waals surface area contributed by atoms with E-state index in [2.05, 4.69) is 22.3 Å². The Morgan fingerprint density at radius 2 is 1.86 bits per heavy atom. The quantitative estimate of drug-likeness (QED) is 0.713. The van der Waals surface area contributed by atoms with Gasteiger partial charge in [0.25, 0.3) is 0 Å². The van der Waals surface area contributed by atoms with Crippen molar-refractivity contribution >= 4 is 17.6 Å². The predicted molar refractivity (Wildman–Crippen MR) is 112 cm³/mol. The molecule has 3 amide bonds. The number of anilines is 1. The van der Waals surface area contributed by atoms with Gasteiger partial charge in [0.15, 0.2) is 0 Å². The molecule has 0 unspecified atom stereocenters. The van der Waals surface area contributed by atoms with Gasteiger partial charge in [-0.15, -0.1) is 0 Å². The van der Waals surface area contributed by atoms with Crippen molar-refractivity contribution in [3.63, 3.8) is 0 Å². The predicted octanol–water partition coefficient (Wildman–Crippen LogP) is 2.18. The first-order valence-electron chi connectivity index (χ1n) is 10.9. The molecule has 4 rings (SSSR count). The normalized spacial score (nSPS) is 23.6. The number of hydrogen-bond donors (Lipinski definition) is 1. The van der Waals surface area contributed by atoms with Crippen LogP contribution in [0.3, 0.4) is 0 Å². The minimum absolute atomic E-state index is 0.0414. The van der Waals surface area contributed by atoms with Gasteiger partial charge in [0.2, 0.25) is 5.91 Å². The number of carbonyl (C=O) groups excluding carboxylic acids is 2. The Morgan fingerprint density at radius 3 is 2.48 bits per heavy atom. The average Bonchev–Trinajstić information content (AvgIpc) is 3.41. The lowest BCUT2D eigenvalue weighted by atomic mass is 10.0. The molecule has 0 saturated carbocycles. The Hall–Kier alpha value is -2.44. The van der Waals surface area contributed by atoms with Gasteiger partial charge >= 0.3 is 6.03 Å². The Bertz CT molecular complexity index is 709. The van der Waals surface area contributed by atoms with Crippen molar-refractivity contribution in [3.8, 4) is 5.75 Å². The van der Waals surface area contributed by atoms with Crippen molar-refractivity contribution in [1.82, 2.24) is 15.1 Å². The molecule has 2 atom stereocenters. The molecule has 29 heavy (non-hydrogen) atoms. The number of hydrogen-bond acceptors (Lipinski definition) is 4. The van der Waals surface area contributed by atoms with E-state index in [1.807, 2.05) is 28.9 Å². The van der Waals surface area contributed by atoms with Crippen molar-refractivity contribution < 1.29 is 14.3 Å². The Balaban J connectivity index is 1.18. The van der Waals surface area contributed by atoms with Crippen LogP contribution in [0, 0.1) is 11.8 Å². The highest BCUT2D eigenvalue weighted by atomic mass is 16.5. The first kappa shape index (κ1) is 19.9. The van der Waals surface area contributed by atoms with Crippen LogP contribution < -0.4 is 15.0 Å². The molecule has 3 saturated heterocycles. The lowest BCUT2D eigenvalue weighted by Gasteiger charge is -2.24. The molecule has 1 N–H and O–H groups in total. The van der Waals surface area contributed by atoms with E-state index >= 15 is 0 Å². The maximum Gasteiger partial charge on any atom is 0.317 e. The third-order valence-electron chi connectivity index (χ3n) is 6.34. The molecule has 7 heteroatoms. The summed E-state index contributed by atoms with van der Waals surface area (Å²) in [7, 11) is 0. The van der Waals surface area contributed by atoms with Crippen LogP contribution in [-0.4, -0.2) is 74.2 Å². The lowest BCUT2D eigenvalue weighted by molar-refractivity contribution is -0.127. The van der Waals surface area contributed by atoms with Gasteiger partial charge in [-0.1, -0.05) is 0 Å². The summed E-state index contributed by atoms with van der Waals surface area (Å²) in [5.74, 6) is 2.23. The van der Waals surface area contributed by atoms with Gasteiger partial charge in [-0.05, 0) is 44.0 Å². The van der Waals surface area contributed by atoms with Gasteiger partial charge in [0, 0.05) is 69.8 Å². The van der Waals surface area contributed by atoms with Gasteiger partial charge < -0.3 is 24.8 Å². The van der Waals surface area contributed by atoms with Gasteiger partial charge in [0.1, 0.15) is 5.75 Å². The fraction of sp³-hybridized carbons (Fsp3) is 0.636. The van der Waals surface area contributed by atoms with Crippen molar-refractivity contribution in [1.29, 1.82) is 0 Å². The summed E-state index contributed by atoms with van der Waals surface area (Å²) >= 11 is 0. The number of amides is 3. The van der Waals surface area contributed by atoms with E-state index in [9.17, 15) is 9.59 Å². The molecule has 7 nitrogen and oxygen atoms in total. The number of fused-ring (bicyclic) bond motifs is 1. The lowest BCUT2D eigenvalue weighted by Crippen LogP contribution is -2.41. The average molecular weight is 401 g/mol. The fourth-order valence-electron chi connectivity index (χ4n) is 4.81. The van der Waals surface area contributed by atoms with Gasteiger partial charge in [-0.3, -0.25) is 4.79 Å². The van der Waals surface area contributed by atoms with Crippen LogP contribution in [0.5, 0.6) is 5.75 Å². The summed E-state index contributed by atoms with van der Waals surface area (Å²) in [6, 6.07) is 8.35. The smallest absolute Gasteiger partial charge is 0.317 e. The van der Waals surface area contributed by atoms with Crippen molar-refractivity contribution in [3.05, 3.63) is 24.3 Å². The maximum absolute atomic E-state index is 12.5. The van der Waals surface area contributed by atoms with Crippen molar-refractivity contribution in [2.24, 2.45) is 11.8 Å².